The molecule has 8 heteroatoms. The van der Waals surface area contributed by atoms with Gasteiger partial charge in [0.25, 0.3) is 0 Å². The van der Waals surface area contributed by atoms with Crippen LogP contribution in [0, 0.1) is 0 Å². The molecule has 1 aliphatic rings. The molecule has 0 saturated carbocycles. The van der Waals surface area contributed by atoms with Gasteiger partial charge in [-0.15, -0.1) is 0 Å². The van der Waals surface area contributed by atoms with E-state index in [1.54, 1.807) is 19.1 Å². The Morgan fingerprint density at radius 1 is 1.55 bits per heavy atom. The van der Waals surface area contributed by atoms with Gasteiger partial charge in [0.15, 0.2) is 0 Å². The van der Waals surface area contributed by atoms with Crippen LogP contribution in [0.1, 0.15) is 6.92 Å². The van der Waals surface area contributed by atoms with Crippen molar-refractivity contribution in [2.45, 2.75) is 24.0 Å². The van der Waals surface area contributed by atoms with Gasteiger partial charge in [0.05, 0.1) is 25.0 Å². The van der Waals surface area contributed by atoms with Gasteiger partial charge >= 0.3 is 0 Å². The fraction of sp³-hybridized carbons (Fsp3) is 0.500. The topological polar surface area (TPSA) is 92.9 Å². The number of halogens is 1. The lowest BCUT2D eigenvalue weighted by Crippen LogP contribution is -2.51. The average molecular weight is 365 g/mol. The van der Waals surface area contributed by atoms with E-state index in [1.165, 1.54) is 10.4 Å². The number of morpholine rings is 1. The zero-order chi connectivity index (χ0) is 14.9. The molecular weight excluding hydrogens is 348 g/mol. The Balaban J connectivity index is 2.40. The number of rotatable bonds is 3. The monoisotopic (exact) mass is 364 g/mol. The number of hydrogen-bond donors (Lipinski definition) is 2. The zero-order valence-corrected chi connectivity index (χ0v) is 13.4. The second kappa shape index (κ2) is 5.98. The van der Waals surface area contributed by atoms with E-state index in [0.29, 0.717) is 4.47 Å². The number of nitrogens with two attached hydrogens (primary N) is 1. The van der Waals surface area contributed by atoms with Crippen LogP contribution in [0.5, 0.6) is 0 Å². The van der Waals surface area contributed by atoms with E-state index in [2.05, 4.69) is 15.9 Å². The minimum Gasteiger partial charge on any atom is -0.398 e. The van der Waals surface area contributed by atoms with E-state index < -0.39 is 16.1 Å². The second-order valence-corrected chi connectivity index (χ2v) is 7.52. The molecule has 1 aromatic rings. The molecule has 2 rings (SSSR count). The highest BCUT2D eigenvalue weighted by Crippen LogP contribution is 2.28. The molecule has 0 bridgehead atoms. The highest BCUT2D eigenvalue weighted by molar-refractivity contribution is 9.10. The molecule has 6 nitrogen and oxygen atoms in total. The van der Waals surface area contributed by atoms with Crippen molar-refractivity contribution in [2.75, 3.05) is 25.5 Å². The quantitative estimate of drug-likeness (QED) is 0.773. The highest BCUT2D eigenvalue weighted by atomic mass is 79.9. The van der Waals surface area contributed by atoms with E-state index in [0.717, 1.165) is 0 Å². The summed E-state index contributed by atoms with van der Waals surface area (Å²) in [6.45, 7) is 1.91. The molecule has 1 heterocycles. The fourth-order valence-corrected chi connectivity index (χ4v) is 4.40. The predicted molar refractivity (Wildman–Crippen MR) is 78.7 cm³/mol. The van der Waals surface area contributed by atoms with Gasteiger partial charge in [0.2, 0.25) is 10.0 Å². The number of aliphatic hydroxyl groups is 1. The lowest BCUT2D eigenvalue weighted by Gasteiger charge is -2.36. The Bertz CT molecular complexity index is 593. The first-order chi connectivity index (χ1) is 9.36. The molecule has 1 fully saturated rings. The van der Waals surface area contributed by atoms with Crippen LogP contribution in [-0.2, 0) is 14.8 Å². The Kier molecular flexibility index (Phi) is 4.70. The number of anilines is 1. The molecule has 1 aromatic carbocycles. The van der Waals surface area contributed by atoms with E-state index in [4.69, 9.17) is 15.6 Å². The van der Waals surface area contributed by atoms with Crippen molar-refractivity contribution in [3.05, 3.63) is 22.7 Å². The van der Waals surface area contributed by atoms with Crippen LogP contribution < -0.4 is 5.73 Å². The summed E-state index contributed by atoms with van der Waals surface area (Å²) in [6, 6.07) is 4.42. The molecule has 0 aliphatic carbocycles. The molecule has 3 N–H and O–H groups in total. The molecule has 112 valence electrons. The third kappa shape index (κ3) is 2.99. The van der Waals surface area contributed by atoms with Crippen LogP contribution in [0.3, 0.4) is 0 Å². The van der Waals surface area contributed by atoms with Crippen molar-refractivity contribution in [3.8, 4) is 0 Å². The van der Waals surface area contributed by atoms with Crippen molar-refractivity contribution in [3.63, 3.8) is 0 Å². The van der Waals surface area contributed by atoms with E-state index >= 15 is 0 Å². The summed E-state index contributed by atoms with van der Waals surface area (Å²) in [7, 11) is -3.72. The molecule has 1 saturated heterocycles. The maximum Gasteiger partial charge on any atom is 0.245 e. The fourth-order valence-electron chi connectivity index (χ4n) is 2.10. The zero-order valence-electron chi connectivity index (χ0n) is 11.0. The maximum atomic E-state index is 12.7. The number of nitrogen functional groups attached to an aromatic ring is 1. The van der Waals surface area contributed by atoms with E-state index in [9.17, 15) is 8.42 Å². The molecule has 0 aromatic heterocycles. The van der Waals surface area contributed by atoms with Crippen LogP contribution in [0.25, 0.3) is 0 Å². The maximum absolute atomic E-state index is 12.7. The first-order valence-corrected chi connectivity index (χ1v) is 8.39. The van der Waals surface area contributed by atoms with Crippen LogP contribution in [0.15, 0.2) is 27.6 Å². The molecule has 2 unspecified atom stereocenters. The summed E-state index contributed by atoms with van der Waals surface area (Å²) in [5, 5.41) is 9.15. The third-order valence-corrected chi connectivity index (χ3v) is 5.74. The number of aliphatic hydroxyl groups excluding tert-OH is 1. The SMILES string of the molecule is CC1COC(CO)CN1S(=O)(=O)c1cc(Br)ccc1N. The second-order valence-electron chi connectivity index (χ2n) is 4.74. The van der Waals surface area contributed by atoms with Crippen molar-refractivity contribution in [1.29, 1.82) is 0 Å². The number of benzene rings is 1. The Hall–Kier alpha value is -0.670. The standard InChI is InChI=1S/C12H17BrN2O4S/c1-8-7-19-10(6-16)5-15(8)20(17,18)12-4-9(13)2-3-11(12)14/h2-4,8,10,16H,5-7,14H2,1H3. The normalized spacial score (nSPS) is 24.8. The summed E-state index contributed by atoms with van der Waals surface area (Å²) in [5.74, 6) is 0. The van der Waals surface area contributed by atoms with Crippen molar-refractivity contribution < 1.29 is 18.3 Å². The van der Waals surface area contributed by atoms with Gasteiger partial charge in [0, 0.05) is 17.1 Å². The Labute approximate surface area is 126 Å². The number of sulfonamides is 1. The summed E-state index contributed by atoms with van der Waals surface area (Å²) in [5.41, 5.74) is 5.99. The van der Waals surface area contributed by atoms with E-state index in [1.807, 2.05) is 0 Å². The molecule has 0 spiro atoms. The van der Waals surface area contributed by atoms with Gasteiger partial charge in [-0.3, -0.25) is 0 Å². The average Bonchev–Trinajstić information content (AvgIpc) is 2.41. The predicted octanol–water partition coefficient (Wildman–Crippen LogP) is 0.802. The molecular formula is C12H17BrN2O4S. The van der Waals surface area contributed by atoms with Crippen molar-refractivity contribution in [1.82, 2.24) is 4.31 Å². The molecule has 0 radical (unpaired) electrons. The Morgan fingerprint density at radius 2 is 2.25 bits per heavy atom. The summed E-state index contributed by atoms with van der Waals surface area (Å²) < 4.78 is 32.8. The first kappa shape index (κ1) is 15.7. The van der Waals surface area contributed by atoms with Gasteiger partial charge in [0.1, 0.15) is 4.90 Å². The molecule has 0 amide bonds. The van der Waals surface area contributed by atoms with Gasteiger partial charge in [-0.25, -0.2) is 8.42 Å². The molecule has 2 atom stereocenters. The number of hydrogen-bond acceptors (Lipinski definition) is 5. The molecule has 1 aliphatic heterocycles. The minimum atomic E-state index is -3.72. The number of ether oxygens (including phenoxy) is 1. The lowest BCUT2D eigenvalue weighted by molar-refractivity contribution is -0.0516. The third-order valence-electron chi connectivity index (χ3n) is 3.21. The minimum absolute atomic E-state index is 0.0670. The lowest BCUT2D eigenvalue weighted by atomic mass is 10.2. The van der Waals surface area contributed by atoms with Gasteiger partial charge in [-0.1, -0.05) is 15.9 Å². The summed E-state index contributed by atoms with van der Waals surface area (Å²) in [4.78, 5) is 0.0670. The van der Waals surface area contributed by atoms with Crippen LogP contribution in [-0.4, -0.2) is 49.7 Å². The van der Waals surface area contributed by atoms with Crippen LogP contribution in [0.4, 0.5) is 5.69 Å². The summed E-state index contributed by atoms with van der Waals surface area (Å²) in [6.07, 6.45) is -0.505. The summed E-state index contributed by atoms with van der Waals surface area (Å²) >= 11 is 3.25. The Morgan fingerprint density at radius 3 is 2.90 bits per heavy atom. The van der Waals surface area contributed by atoms with Gasteiger partial charge < -0.3 is 15.6 Å². The van der Waals surface area contributed by atoms with Gasteiger partial charge in [-0.2, -0.15) is 4.31 Å². The molecule has 20 heavy (non-hydrogen) atoms. The van der Waals surface area contributed by atoms with E-state index in [-0.39, 0.29) is 36.4 Å². The smallest absolute Gasteiger partial charge is 0.245 e. The largest absolute Gasteiger partial charge is 0.398 e. The van der Waals surface area contributed by atoms with Crippen molar-refractivity contribution in [2.24, 2.45) is 0 Å². The van der Waals surface area contributed by atoms with Gasteiger partial charge in [-0.05, 0) is 25.1 Å². The van der Waals surface area contributed by atoms with Crippen LogP contribution >= 0.6 is 15.9 Å². The number of nitrogens with zero attached hydrogens (tertiary/aromatic N) is 1. The van der Waals surface area contributed by atoms with Crippen LogP contribution in [0.2, 0.25) is 0 Å². The van der Waals surface area contributed by atoms with Crippen molar-refractivity contribution >= 4 is 31.6 Å². The highest BCUT2D eigenvalue weighted by Gasteiger charge is 2.36. The first-order valence-electron chi connectivity index (χ1n) is 6.15.